The van der Waals surface area contributed by atoms with Gasteiger partial charge in [0, 0.05) is 36.6 Å². The maximum absolute atomic E-state index is 4.41. The van der Waals surface area contributed by atoms with Crippen molar-refractivity contribution in [1.82, 2.24) is 19.9 Å². The molecule has 3 rings (SSSR count). The molecule has 0 fully saturated rings. The van der Waals surface area contributed by atoms with E-state index in [-0.39, 0.29) is 0 Å². The fourth-order valence-electron chi connectivity index (χ4n) is 1.80. The predicted molar refractivity (Wildman–Crippen MR) is 66.7 cm³/mol. The van der Waals surface area contributed by atoms with Crippen LogP contribution in [0, 0.1) is 0 Å². The third-order valence-corrected chi connectivity index (χ3v) is 2.61. The molecule has 3 heterocycles. The summed E-state index contributed by atoms with van der Waals surface area (Å²) in [4.78, 5) is 15.9. The maximum Gasteiger partial charge on any atom is 0.222 e. The second-order valence-corrected chi connectivity index (χ2v) is 3.62. The van der Waals surface area contributed by atoms with E-state index in [1.54, 1.807) is 19.4 Å². The molecule has 0 radical (unpaired) electrons. The number of pyridine rings is 1. The van der Waals surface area contributed by atoms with Gasteiger partial charge in [-0.15, -0.1) is 0 Å². The van der Waals surface area contributed by atoms with Gasteiger partial charge in [-0.2, -0.15) is 0 Å². The Kier molecular flexibility index (Phi) is 2.22. The zero-order chi connectivity index (χ0) is 11.7. The van der Waals surface area contributed by atoms with Crippen molar-refractivity contribution in [2.24, 2.45) is 0 Å². The van der Waals surface area contributed by atoms with E-state index in [1.165, 1.54) is 0 Å². The molecule has 0 aromatic carbocycles. The molecule has 84 valence electrons. The summed E-state index contributed by atoms with van der Waals surface area (Å²) >= 11 is 0. The number of H-pyrrole nitrogens is 1. The van der Waals surface area contributed by atoms with E-state index < -0.39 is 0 Å². The lowest BCUT2D eigenvalue weighted by Crippen LogP contribution is -1.96. The highest BCUT2D eigenvalue weighted by Gasteiger charge is 2.08. The minimum absolute atomic E-state index is 0.612. The highest BCUT2D eigenvalue weighted by atomic mass is 15.1. The summed E-state index contributed by atoms with van der Waals surface area (Å²) in [6.45, 7) is 0. The van der Waals surface area contributed by atoms with Crippen molar-refractivity contribution in [2.45, 2.75) is 0 Å². The molecule has 5 heteroatoms. The quantitative estimate of drug-likeness (QED) is 0.700. The Morgan fingerprint density at radius 3 is 3.00 bits per heavy atom. The topological polar surface area (TPSA) is 66.5 Å². The molecule has 0 saturated carbocycles. The molecule has 0 aliphatic rings. The van der Waals surface area contributed by atoms with E-state index >= 15 is 0 Å². The number of hydrogen-bond acceptors (Lipinski definition) is 4. The van der Waals surface area contributed by atoms with Gasteiger partial charge in [-0.05, 0) is 18.2 Å². The fourth-order valence-corrected chi connectivity index (χ4v) is 1.80. The van der Waals surface area contributed by atoms with Crippen molar-refractivity contribution in [2.75, 3.05) is 12.4 Å². The first-order chi connectivity index (χ1) is 8.38. The maximum atomic E-state index is 4.41. The number of hydrogen-bond donors (Lipinski definition) is 2. The van der Waals surface area contributed by atoms with Crippen molar-refractivity contribution < 1.29 is 0 Å². The first kappa shape index (κ1) is 9.77. The third kappa shape index (κ3) is 1.61. The molecule has 5 nitrogen and oxygen atoms in total. The van der Waals surface area contributed by atoms with Crippen LogP contribution < -0.4 is 5.32 Å². The summed E-state index contributed by atoms with van der Waals surface area (Å²) in [5.41, 5.74) is 2.78. The molecule has 0 aliphatic carbocycles. The molecule has 17 heavy (non-hydrogen) atoms. The molecule has 0 aliphatic heterocycles. The Hall–Kier alpha value is -2.43. The number of nitrogens with zero attached hydrogens (tertiary/aromatic N) is 3. The Balaban J connectivity index is 2.20. The van der Waals surface area contributed by atoms with E-state index in [0.717, 1.165) is 22.3 Å². The van der Waals surface area contributed by atoms with Gasteiger partial charge in [0.25, 0.3) is 0 Å². The summed E-state index contributed by atoms with van der Waals surface area (Å²) < 4.78 is 0. The van der Waals surface area contributed by atoms with Crippen LogP contribution in [0.2, 0.25) is 0 Å². The van der Waals surface area contributed by atoms with Crippen LogP contribution in [0.5, 0.6) is 0 Å². The molecular formula is C12H11N5. The molecule has 0 unspecified atom stereocenters. The number of anilines is 1. The number of nitrogens with one attached hydrogen (secondary N) is 2. The normalized spacial score (nSPS) is 10.6. The largest absolute Gasteiger partial charge is 0.357 e. The van der Waals surface area contributed by atoms with Gasteiger partial charge in [0.1, 0.15) is 5.65 Å². The number of aromatic amines is 1. The lowest BCUT2D eigenvalue weighted by molar-refractivity contribution is 1.16. The second kappa shape index (κ2) is 3.86. The number of rotatable bonds is 2. The van der Waals surface area contributed by atoms with Gasteiger partial charge < -0.3 is 10.3 Å². The second-order valence-electron chi connectivity index (χ2n) is 3.62. The molecule has 2 N–H and O–H groups in total. The van der Waals surface area contributed by atoms with E-state index in [1.807, 2.05) is 24.4 Å². The fraction of sp³-hybridized carbons (Fsp3) is 0.0833. The van der Waals surface area contributed by atoms with Crippen LogP contribution in [0.1, 0.15) is 0 Å². The molecule has 0 saturated heterocycles. The average Bonchev–Trinajstić information content (AvgIpc) is 2.82. The lowest BCUT2D eigenvalue weighted by Gasteiger charge is -2.01. The van der Waals surface area contributed by atoms with Crippen LogP contribution in [0.15, 0.2) is 36.8 Å². The monoisotopic (exact) mass is 225 g/mol. The predicted octanol–water partition coefficient (Wildman–Crippen LogP) is 2.06. The van der Waals surface area contributed by atoms with Crippen LogP contribution >= 0.6 is 0 Å². The number of aromatic nitrogens is 4. The first-order valence-electron chi connectivity index (χ1n) is 5.32. The highest BCUT2D eigenvalue weighted by Crippen LogP contribution is 2.25. The SMILES string of the molecule is CNc1nccc(-c2c[nH]c3ncccc23)n1. The van der Waals surface area contributed by atoms with Crippen LogP contribution in [0.25, 0.3) is 22.3 Å². The lowest BCUT2D eigenvalue weighted by atomic mass is 10.1. The van der Waals surface area contributed by atoms with Crippen molar-refractivity contribution in [3.63, 3.8) is 0 Å². The van der Waals surface area contributed by atoms with Gasteiger partial charge in [-0.3, -0.25) is 0 Å². The van der Waals surface area contributed by atoms with Gasteiger partial charge >= 0.3 is 0 Å². The van der Waals surface area contributed by atoms with Crippen molar-refractivity contribution in [3.05, 3.63) is 36.8 Å². The minimum atomic E-state index is 0.612. The summed E-state index contributed by atoms with van der Waals surface area (Å²) in [7, 11) is 1.80. The Morgan fingerprint density at radius 1 is 1.18 bits per heavy atom. The Labute approximate surface area is 98.0 Å². The third-order valence-electron chi connectivity index (χ3n) is 2.61. The van der Waals surface area contributed by atoms with Gasteiger partial charge in [-0.25, -0.2) is 15.0 Å². The number of fused-ring (bicyclic) bond motifs is 1. The standard InChI is InChI=1S/C12H11N5/c1-13-12-15-6-4-10(17-12)9-7-16-11-8(9)3-2-5-14-11/h2-7H,1H3,(H,14,16)(H,13,15,17). The molecule has 3 aromatic heterocycles. The molecular weight excluding hydrogens is 214 g/mol. The van der Waals surface area contributed by atoms with Crippen LogP contribution in [-0.2, 0) is 0 Å². The van der Waals surface area contributed by atoms with E-state index in [9.17, 15) is 0 Å². The molecule has 0 amide bonds. The summed E-state index contributed by atoms with van der Waals surface area (Å²) in [5.74, 6) is 0.612. The molecule has 3 aromatic rings. The first-order valence-corrected chi connectivity index (χ1v) is 5.32. The van der Waals surface area contributed by atoms with Gasteiger partial charge in [0.2, 0.25) is 5.95 Å². The van der Waals surface area contributed by atoms with Crippen molar-refractivity contribution in [3.8, 4) is 11.3 Å². The molecule has 0 spiro atoms. The van der Waals surface area contributed by atoms with E-state index in [2.05, 4.69) is 25.3 Å². The zero-order valence-electron chi connectivity index (χ0n) is 9.31. The summed E-state index contributed by atoms with van der Waals surface area (Å²) in [6, 6.07) is 5.83. The average molecular weight is 225 g/mol. The van der Waals surface area contributed by atoms with Gasteiger partial charge in [0.05, 0.1) is 5.69 Å². The van der Waals surface area contributed by atoms with Gasteiger partial charge in [-0.1, -0.05) is 0 Å². The highest BCUT2D eigenvalue weighted by molar-refractivity contribution is 5.92. The Morgan fingerprint density at radius 2 is 2.12 bits per heavy atom. The van der Waals surface area contributed by atoms with Gasteiger partial charge in [0.15, 0.2) is 0 Å². The van der Waals surface area contributed by atoms with E-state index in [0.29, 0.717) is 5.95 Å². The molecule has 0 atom stereocenters. The van der Waals surface area contributed by atoms with Crippen LogP contribution in [0.4, 0.5) is 5.95 Å². The van der Waals surface area contributed by atoms with Crippen LogP contribution in [-0.4, -0.2) is 27.0 Å². The zero-order valence-corrected chi connectivity index (χ0v) is 9.31. The summed E-state index contributed by atoms with van der Waals surface area (Å²) in [6.07, 6.45) is 5.42. The van der Waals surface area contributed by atoms with Crippen molar-refractivity contribution >= 4 is 17.0 Å². The minimum Gasteiger partial charge on any atom is -0.357 e. The van der Waals surface area contributed by atoms with Crippen LogP contribution in [0.3, 0.4) is 0 Å². The van der Waals surface area contributed by atoms with E-state index in [4.69, 9.17) is 0 Å². The summed E-state index contributed by atoms with van der Waals surface area (Å²) in [5, 5.41) is 3.99. The smallest absolute Gasteiger partial charge is 0.222 e. The molecule has 0 bridgehead atoms. The van der Waals surface area contributed by atoms with Crippen molar-refractivity contribution in [1.29, 1.82) is 0 Å². The Bertz CT molecular complexity index is 659.